The lowest BCUT2D eigenvalue weighted by Gasteiger charge is -1.94. The smallest absolute Gasteiger partial charge is 0.185 e. The number of carbonyl (C=O) groups is 1. The molecule has 1 aromatic rings. The Morgan fingerprint density at radius 3 is 3.00 bits per heavy atom. The van der Waals surface area contributed by atoms with Crippen LogP contribution < -0.4 is 0 Å². The van der Waals surface area contributed by atoms with Crippen LogP contribution in [0.15, 0.2) is 12.1 Å². The highest BCUT2D eigenvalue weighted by molar-refractivity contribution is 8.13. The zero-order chi connectivity index (χ0) is 12.0. The first kappa shape index (κ1) is 12.9. The zero-order valence-electron chi connectivity index (χ0n) is 8.66. The highest BCUT2D eigenvalue weighted by atomic mass is 35.5. The van der Waals surface area contributed by atoms with Crippen LogP contribution in [0.3, 0.4) is 0 Å². The van der Waals surface area contributed by atoms with Gasteiger partial charge in [-0.05, 0) is 18.1 Å². The molecular weight excluding hydrogens is 246 g/mol. The lowest BCUT2D eigenvalue weighted by atomic mass is 10.3. The summed E-state index contributed by atoms with van der Waals surface area (Å²) in [5.74, 6) is 6.30. The third-order valence-electron chi connectivity index (χ3n) is 1.58. The summed E-state index contributed by atoms with van der Waals surface area (Å²) in [6.45, 7) is 1.53. The Labute approximate surface area is 103 Å². The van der Waals surface area contributed by atoms with Crippen LogP contribution in [0.4, 0.5) is 0 Å². The van der Waals surface area contributed by atoms with Gasteiger partial charge >= 0.3 is 0 Å². The molecule has 84 valence electrons. The van der Waals surface area contributed by atoms with Crippen molar-refractivity contribution in [3.8, 4) is 17.6 Å². The average Bonchev–Trinajstić information content (AvgIpc) is 2.22. The number of thioether (sulfide) groups is 1. The SMILES string of the molecule is CC(=O)SCCC#Cc1ccc(O)c(Cl)n1. The summed E-state index contributed by atoms with van der Waals surface area (Å²) in [6, 6.07) is 3.04. The molecule has 1 aromatic heterocycles. The first-order valence-corrected chi connectivity index (χ1v) is 5.93. The molecule has 0 spiro atoms. The molecule has 0 saturated carbocycles. The number of nitrogens with zero attached hydrogens (tertiary/aromatic N) is 1. The number of halogens is 1. The number of aromatic nitrogens is 1. The van der Waals surface area contributed by atoms with Crippen molar-refractivity contribution in [3.63, 3.8) is 0 Å². The van der Waals surface area contributed by atoms with E-state index < -0.39 is 0 Å². The minimum absolute atomic E-state index is 0.0462. The van der Waals surface area contributed by atoms with Crippen molar-refractivity contribution >= 4 is 28.5 Å². The fourth-order valence-corrected chi connectivity index (χ4v) is 1.54. The molecule has 0 saturated heterocycles. The number of aromatic hydroxyl groups is 1. The molecule has 0 radical (unpaired) electrons. The third-order valence-corrected chi connectivity index (χ3v) is 2.67. The van der Waals surface area contributed by atoms with Gasteiger partial charge in [-0.1, -0.05) is 29.3 Å². The minimum atomic E-state index is -0.0562. The topological polar surface area (TPSA) is 50.2 Å². The highest BCUT2D eigenvalue weighted by Gasteiger charge is 1.98. The van der Waals surface area contributed by atoms with Crippen molar-refractivity contribution in [2.75, 3.05) is 5.75 Å². The predicted molar refractivity (Wildman–Crippen MR) is 65.5 cm³/mol. The quantitative estimate of drug-likeness (QED) is 0.501. The molecular formula is C11H10ClNO2S. The molecule has 0 unspecified atom stereocenters. The van der Waals surface area contributed by atoms with Gasteiger partial charge in [0, 0.05) is 19.1 Å². The second kappa shape index (κ2) is 6.41. The molecule has 1 heterocycles. The van der Waals surface area contributed by atoms with Gasteiger partial charge in [0.1, 0.15) is 5.69 Å². The Morgan fingerprint density at radius 1 is 1.62 bits per heavy atom. The zero-order valence-corrected chi connectivity index (χ0v) is 10.2. The Kier molecular flexibility index (Phi) is 5.17. The van der Waals surface area contributed by atoms with Crippen LogP contribution >= 0.6 is 23.4 Å². The van der Waals surface area contributed by atoms with E-state index in [0.717, 1.165) is 0 Å². The molecule has 0 atom stereocenters. The number of hydrogen-bond donors (Lipinski definition) is 1. The fourth-order valence-electron chi connectivity index (χ4n) is 0.895. The first-order valence-electron chi connectivity index (χ1n) is 4.57. The van der Waals surface area contributed by atoms with Crippen molar-refractivity contribution in [2.24, 2.45) is 0 Å². The summed E-state index contributed by atoms with van der Waals surface area (Å²) in [5.41, 5.74) is 0.510. The van der Waals surface area contributed by atoms with Gasteiger partial charge in [-0.2, -0.15) is 0 Å². The van der Waals surface area contributed by atoms with Gasteiger partial charge in [-0.3, -0.25) is 4.79 Å². The molecule has 1 rings (SSSR count). The predicted octanol–water partition coefficient (Wildman–Crippen LogP) is 2.46. The van der Waals surface area contributed by atoms with E-state index in [9.17, 15) is 4.79 Å². The standard InChI is InChI=1S/C11H10ClNO2S/c1-8(14)16-7-3-2-4-9-5-6-10(15)11(12)13-9/h5-6,15H,3,7H2,1H3. The van der Waals surface area contributed by atoms with Crippen molar-refractivity contribution in [1.82, 2.24) is 4.98 Å². The maximum Gasteiger partial charge on any atom is 0.185 e. The van der Waals surface area contributed by atoms with E-state index in [-0.39, 0.29) is 16.0 Å². The van der Waals surface area contributed by atoms with E-state index in [1.54, 1.807) is 6.07 Å². The van der Waals surface area contributed by atoms with E-state index in [4.69, 9.17) is 16.7 Å². The summed E-state index contributed by atoms with van der Waals surface area (Å²) in [6.07, 6.45) is 0.615. The van der Waals surface area contributed by atoms with E-state index in [2.05, 4.69) is 16.8 Å². The van der Waals surface area contributed by atoms with E-state index >= 15 is 0 Å². The van der Waals surface area contributed by atoms with Crippen LogP contribution in [0.2, 0.25) is 5.15 Å². The summed E-state index contributed by atoms with van der Waals surface area (Å²) in [5, 5.41) is 9.27. The maximum atomic E-state index is 10.6. The molecule has 0 aliphatic heterocycles. The van der Waals surface area contributed by atoms with Crippen LogP contribution in [0.5, 0.6) is 5.75 Å². The van der Waals surface area contributed by atoms with Gasteiger partial charge in [0.05, 0.1) is 0 Å². The van der Waals surface area contributed by atoms with Gasteiger partial charge in [0.15, 0.2) is 16.0 Å². The Morgan fingerprint density at radius 2 is 2.38 bits per heavy atom. The maximum absolute atomic E-state index is 10.6. The van der Waals surface area contributed by atoms with Gasteiger partial charge in [-0.15, -0.1) is 0 Å². The van der Waals surface area contributed by atoms with Gasteiger partial charge in [-0.25, -0.2) is 4.98 Å². The van der Waals surface area contributed by atoms with E-state index in [1.807, 2.05) is 0 Å². The number of rotatable bonds is 2. The summed E-state index contributed by atoms with van der Waals surface area (Å²) >= 11 is 6.86. The molecule has 0 fully saturated rings. The van der Waals surface area contributed by atoms with Crippen molar-refractivity contribution in [1.29, 1.82) is 0 Å². The Balaban J connectivity index is 2.50. The third kappa shape index (κ3) is 4.56. The normalized spacial score (nSPS) is 9.38. The Hall–Kier alpha value is -1.18. The molecule has 3 nitrogen and oxygen atoms in total. The summed E-state index contributed by atoms with van der Waals surface area (Å²) in [4.78, 5) is 14.5. The summed E-state index contributed by atoms with van der Waals surface area (Å²) < 4.78 is 0. The largest absolute Gasteiger partial charge is 0.505 e. The molecule has 16 heavy (non-hydrogen) atoms. The summed E-state index contributed by atoms with van der Waals surface area (Å²) in [7, 11) is 0. The Bertz CT molecular complexity index is 451. The van der Waals surface area contributed by atoms with Gasteiger partial charge in [0.2, 0.25) is 0 Å². The molecule has 0 aliphatic rings. The highest BCUT2D eigenvalue weighted by Crippen LogP contribution is 2.19. The second-order valence-corrected chi connectivity index (χ2v) is 4.53. The van der Waals surface area contributed by atoms with Gasteiger partial charge < -0.3 is 5.11 Å². The van der Waals surface area contributed by atoms with Crippen LogP contribution in [0.25, 0.3) is 0 Å². The lowest BCUT2D eigenvalue weighted by molar-refractivity contribution is -0.109. The molecule has 0 aromatic carbocycles. The molecule has 1 N–H and O–H groups in total. The van der Waals surface area contributed by atoms with Crippen LogP contribution in [0.1, 0.15) is 19.0 Å². The number of carbonyl (C=O) groups excluding carboxylic acids is 1. The monoisotopic (exact) mass is 255 g/mol. The van der Waals surface area contributed by atoms with Crippen LogP contribution in [0, 0.1) is 11.8 Å². The van der Waals surface area contributed by atoms with Crippen LogP contribution in [-0.4, -0.2) is 21.0 Å². The van der Waals surface area contributed by atoms with E-state index in [0.29, 0.717) is 17.9 Å². The van der Waals surface area contributed by atoms with Crippen molar-refractivity contribution in [3.05, 3.63) is 23.0 Å². The lowest BCUT2D eigenvalue weighted by Crippen LogP contribution is -1.85. The molecule has 5 heteroatoms. The van der Waals surface area contributed by atoms with Crippen LogP contribution in [-0.2, 0) is 4.79 Å². The minimum Gasteiger partial charge on any atom is -0.505 e. The van der Waals surface area contributed by atoms with Crippen molar-refractivity contribution in [2.45, 2.75) is 13.3 Å². The number of hydrogen-bond acceptors (Lipinski definition) is 4. The molecule has 0 bridgehead atoms. The molecule has 0 amide bonds. The van der Waals surface area contributed by atoms with E-state index in [1.165, 1.54) is 24.8 Å². The average molecular weight is 256 g/mol. The van der Waals surface area contributed by atoms with Crippen molar-refractivity contribution < 1.29 is 9.90 Å². The number of pyridine rings is 1. The first-order chi connectivity index (χ1) is 7.59. The fraction of sp³-hybridized carbons (Fsp3) is 0.273. The molecule has 0 aliphatic carbocycles. The van der Waals surface area contributed by atoms with Gasteiger partial charge in [0.25, 0.3) is 0 Å². The second-order valence-electron chi connectivity index (χ2n) is 2.90.